The summed E-state index contributed by atoms with van der Waals surface area (Å²) in [4.78, 5) is 11.6. The molecule has 2 aromatic heterocycles. The van der Waals surface area contributed by atoms with E-state index in [-0.39, 0.29) is 16.5 Å². The number of hydrogen-bond donors (Lipinski definition) is 1. The van der Waals surface area contributed by atoms with Crippen molar-refractivity contribution in [3.05, 3.63) is 47.2 Å². The van der Waals surface area contributed by atoms with Crippen LogP contribution in [0.5, 0.6) is 0 Å². The molecule has 0 aliphatic heterocycles. The molecule has 0 fully saturated rings. The maximum atomic E-state index is 5.74. The Kier molecular flexibility index (Phi) is 4.68. The number of rotatable bonds is 4. The van der Waals surface area contributed by atoms with E-state index in [1.807, 2.05) is 59.9 Å². The van der Waals surface area contributed by atoms with Gasteiger partial charge in [0.2, 0.25) is 16.5 Å². The largest absolute Gasteiger partial charge is 0.421 e. The second-order valence-electron chi connectivity index (χ2n) is 4.89. The first-order valence-corrected chi connectivity index (χ1v) is 7.64. The Morgan fingerprint density at radius 3 is 2.29 bits per heavy atom. The van der Waals surface area contributed by atoms with Crippen molar-refractivity contribution in [3.8, 4) is 0 Å². The third-order valence-electron chi connectivity index (χ3n) is 3.10. The van der Waals surface area contributed by atoms with Crippen LogP contribution in [0, 0.1) is 0 Å². The summed E-state index contributed by atoms with van der Waals surface area (Å²) >= 11 is 11.5. The first-order valence-electron chi connectivity index (χ1n) is 6.88. The Morgan fingerprint density at radius 1 is 1.04 bits per heavy atom. The molecule has 24 heavy (non-hydrogen) atoms. The van der Waals surface area contributed by atoms with Crippen LogP contribution in [0.3, 0.4) is 0 Å². The topological polar surface area (TPSA) is 84.2 Å². The molecule has 1 aromatic carbocycles. The molecular weight excluding hydrogens is 351 g/mol. The number of imidazole rings is 1. The van der Waals surface area contributed by atoms with Crippen LogP contribution < -0.4 is 9.88 Å². The van der Waals surface area contributed by atoms with Gasteiger partial charge in [0.25, 0.3) is 0 Å². The number of aryl methyl sites for hydroxylation is 2. The van der Waals surface area contributed by atoms with E-state index in [0.717, 1.165) is 11.6 Å². The van der Waals surface area contributed by atoms with E-state index in [9.17, 15) is 0 Å². The van der Waals surface area contributed by atoms with Crippen molar-refractivity contribution < 1.29 is 4.57 Å². The summed E-state index contributed by atoms with van der Waals surface area (Å²) in [5.74, 6) is 1.01. The summed E-state index contributed by atoms with van der Waals surface area (Å²) in [5, 5.41) is 11.5. The molecule has 0 radical (unpaired) electrons. The molecule has 0 unspecified atom stereocenters. The van der Waals surface area contributed by atoms with Crippen molar-refractivity contribution in [2.45, 2.75) is 0 Å². The van der Waals surface area contributed by atoms with Crippen LogP contribution in [0.15, 0.2) is 46.9 Å². The molecule has 10 heteroatoms. The van der Waals surface area contributed by atoms with E-state index >= 15 is 0 Å². The van der Waals surface area contributed by atoms with Crippen LogP contribution >= 0.6 is 23.2 Å². The molecule has 0 saturated carbocycles. The highest BCUT2D eigenvalue weighted by Gasteiger charge is 2.10. The van der Waals surface area contributed by atoms with E-state index in [1.165, 1.54) is 0 Å². The number of hydrogen-bond acceptors (Lipinski definition) is 6. The van der Waals surface area contributed by atoms with Crippen LogP contribution in [0.1, 0.15) is 0 Å². The zero-order chi connectivity index (χ0) is 17.1. The summed E-state index contributed by atoms with van der Waals surface area (Å²) in [6.07, 6.45) is 3.82. The quantitative estimate of drug-likeness (QED) is 0.567. The normalized spacial score (nSPS) is 11.2. The van der Waals surface area contributed by atoms with E-state index in [0.29, 0.717) is 5.69 Å². The molecule has 3 aromatic rings. The SMILES string of the molecule is Cn1cc[n+](C)c1N=Nc1ccc(Nc2nc(Cl)nc(Cl)n2)cc1. The van der Waals surface area contributed by atoms with Crippen LogP contribution in [0.25, 0.3) is 0 Å². The minimum atomic E-state index is 0.0263. The van der Waals surface area contributed by atoms with Crippen molar-refractivity contribution in [1.29, 1.82) is 0 Å². The lowest BCUT2D eigenvalue weighted by Crippen LogP contribution is -2.25. The van der Waals surface area contributed by atoms with Gasteiger partial charge in [0.15, 0.2) is 0 Å². The maximum absolute atomic E-state index is 5.74. The van der Waals surface area contributed by atoms with E-state index in [2.05, 4.69) is 30.5 Å². The van der Waals surface area contributed by atoms with Gasteiger partial charge in [-0.1, -0.05) is 5.11 Å². The molecule has 8 nitrogen and oxygen atoms in total. The fourth-order valence-corrected chi connectivity index (χ4v) is 2.31. The third kappa shape index (κ3) is 3.84. The molecule has 0 aliphatic rings. The van der Waals surface area contributed by atoms with Gasteiger partial charge in [0, 0.05) is 10.8 Å². The van der Waals surface area contributed by atoms with Crippen LogP contribution in [-0.4, -0.2) is 19.5 Å². The standard InChI is InChI=1S/C14H12Cl2N8/c1-23-7-8-24(2)14(23)22-21-10-5-3-9(4-6-10)17-13-19-11(15)18-12(16)20-13/h3-8H,1-2H3/p+1. The monoisotopic (exact) mass is 363 g/mol. The fraction of sp³-hybridized carbons (Fsp3) is 0.143. The molecule has 0 atom stereocenters. The lowest BCUT2D eigenvalue weighted by molar-refractivity contribution is -0.657. The zero-order valence-corrected chi connectivity index (χ0v) is 14.4. The molecule has 3 rings (SSSR count). The Labute approximate surface area is 147 Å². The number of benzene rings is 1. The second-order valence-corrected chi connectivity index (χ2v) is 5.57. The van der Waals surface area contributed by atoms with Gasteiger partial charge in [-0.3, -0.25) is 0 Å². The van der Waals surface area contributed by atoms with Crippen molar-refractivity contribution in [3.63, 3.8) is 0 Å². The van der Waals surface area contributed by atoms with E-state index < -0.39 is 0 Å². The van der Waals surface area contributed by atoms with Gasteiger partial charge in [-0.05, 0) is 47.5 Å². The first kappa shape index (κ1) is 16.3. The minimum Gasteiger partial charge on any atom is -0.324 e. The van der Waals surface area contributed by atoms with Gasteiger partial charge >= 0.3 is 5.95 Å². The van der Waals surface area contributed by atoms with Crippen molar-refractivity contribution in [2.24, 2.45) is 24.3 Å². The van der Waals surface area contributed by atoms with Gasteiger partial charge < -0.3 is 5.32 Å². The lowest BCUT2D eigenvalue weighted by atomic mass is 10.3. The molecule has 0 saturated heterocycles. The predicted molar refractivity (Wildman–Crippen MR) is 90.3 cm³/mol. The minimum absolute atomic E-state index is 0.0263. The lowest BCUT2D eigenvalue weighted by Gasteiger charge is -2.04. The Bertz CT molecular complexity index is 849. The molecule has 122 valence electrons. The number of aromatic nitrogens is 5. The van der Waals surface area contributed by atoms with Crippen LogP contribution in [0.2, 0.25) is 10.6 Å². The smallest absolute Gasteiger partial charge is 0.324 e. The second kappa shape index (κ2) is 6.90. The van der Waals surface area contributed by atoms with Gasteiger partial charge in [0.1, 0.15) is 5.69 Å². The molecular formula is C14H13Cl2N8+. The molecule has 1 N–H and O–H groups in total. The maximum Gasteiger partial charge on any atom is 0.421 e. The van der Waals surface area contributed by atoms with E-state index in [4.69, 9.17) is 23.2 Å². The highest BCUT2D eigenvalue weighted by molar-refractivity contribution is 6.31. The zero-order valence-electron chi connectivity index (χ0n) is 12.9. The molecule has 0 aliphatic carbocycles. The van der Waals surface area contributed by atoms with Gasteiger partial charge in [-0.25, -0.2) is 9.13 Å². The average Bonchev–Trinajstić information content (AvgIpc) is 2.84. The number of halogens is 2. The Balaban J connectivity index is 1.73. The average molecular weight is 364 g/mol. The number of nitrogens with zero attached hydrogens (tertiary/aromatic N) is 7. The predicted octanol–water partition coefficient (Wildman–Crippen LogP) is 3.50. The summed E-state index contributed by atoms with van der Waals surface area (Å²) in [5.41, 5.74) is 1.48. The van der Waals surface area contributed by atoms with Gasteiger partial charge in [0.05, 0.1) is 26.5 Å². The van der Waals surface area contributed by atoms with Gasteiger partial charge in [-0.15, -0.1) is 0 Å². The summed E-state index contributed by atoms with van der Waals surface area (Å²) in [6.45, 7) is 0. The van der Waals surface area contributed by atoms with Crippen molar-refractivity contribution >= 4 is 46.5 Å². The van der Waals surface area contributed by atoms with Crippen LogP contribution in [-0.2, 0) is 14.1 Å². The number of nitrogens with one attached hydrogen (secondary N) is 1. The first-order chi connectivity index (χ1) is 11.5. The van der Waals surface area contributed by atoms with Gasteiger partial charge in [-0.2, -0.15) is 15.0 Å². The summed E-state index contributed by atoms with van der Waals surface area (Å²) < 4.78 is 3.77. The fourth-order valence-electron chi connectivity index (χ4n) is 1.95. The molecule has 0 spiro atoms. The summed E-state index contributed by atoms with van der Waals surface area (Å²) in [7, 11) is 3.82. The third-order valence-corrected chi connectivity index (χ3v) is 3.44. The molecule has 0 bridgehead atoms. The highest BCUT2D eigenvalue weighted by atomic mass is 35.5. The van der Waals surface area contributed by atoms with Crippen molar-refractivity contribution in [1.82, 2.24) is 19.5 Å². The number of azo groups is 1. The van der Waals surface area contributed by atoms with Crippen LogP contribution in [0.4, 0.5) is 23.3 Å². The molecule has 0 amide bonds. The number of anilines is 2. The van der Waals surface area contributed by atoms with E-state index in [1.54, 1.807) is 0 Å². The van der Waals surface area contributed by atoms with Crippen molar-refractivity contribution in [2.75, 3.05) is 5.32 Å². The molecule has 2 heterocycles. The highest BCUT2D eigenvalue weighted by Crippen LogP contribution is 2.21. The Morgan fingerprint density at radius 2 is 1.71 bits per heavy atom. The summed E-state index contributed by atoms with van der Waals surface area (Å²) in [6, 6.07) is 7.29. The Hall–Kier alpha value is -2.58.